The molecule has 1 saturated heterocycles. The van der Waals surface area contributed by atoms with E-state index in [0.717, 1.165) is 21.2 Å². The molecule has 4 rings (SSSR count). The highest BCUT2D eigenvalue weighted by Gasteiger charge is 2.35. The van der Waals surface area contributed by atoms with Gasteiger partial charge in [-0.15, -0.1) is 0 Å². The fraction of sp³-hybridized carbons (Fsp3) is 0.455. The summed E-state index contributed by atoms with van der Waals surface area (Å²) >= 11 is 0. The van der Waals surface area contributed by atoms with Crippen molar-refractivity contribution in [1.29, 1.82) is 0 Å². The maximum absolute atomic E-state index is 14.1. The van der Waals surface area contributed by atoms with Crippen LogP contribution in [0.25, 0.3) is 0 Å². The Hall–Kier alpha value is -5.59. The van der Waals surface area contributed by atoms with Crippen molar-refractivity contribution in [3.8, 4) is 5.75 Å². The Bertz CT molecular complexity index is 1920. The molecule has 0 saturated carbocycles. The maximum atomic E-state index is 14.1. The van der Waals surface area contributed by atoms with E-state index in [4.69, 9.17) is 4.74 Å². The van der Waals surface area contributed by atoms with E-state index in [2.05, 4.69) is 32.1 Å². The van der Waals surface area contributed by atoms with Crippen LogP contribution in [0.4, 0.5) is 18.9 Å². The minimum atomic E-state index is -4.71. The SMILES string of the molecule is C=Nn1c(=O)c(N2CCN(C(=O)c3ncnc(C)c3O)CC2)c(CC)n(CC(=O)N/C(C=O)=C/C=C(\N(C)C)C(F)(F)F)c1=NCC1=CCOCC1. The molecule has 1 fully saturated rings. The summed E-state index contributed by atoms with van der Waals surface area (Å²) in [5.41, 5.74) is -0.478. The lowest BCUT2D eigenvalue weighted by Crippen LogP contribution is -2.53. The summed E-state index contributed by atoms with van der Waals surface area (Å²) in [5.74, 6) is -1.61. The zero-order valence-electron chi connectivity index (χ0n) is 29.3. The number of halogens is 3. The van der Waals surface area contributed by atoms with Gasteiger partial charge in [-0.25, -0.2) is 15.0 Å². The van der Waals surface area contributed by atoms with Gasteiger partial charge in [0.2, 0.25) is 11.5 Å². The van der Waals surface area contributed by atoms with Gasteiger partial charge >= 0.3 is 6.18 Å². The molecule has 0 atom stereocenters. The molecule has 2 aromatic heterocycles. The second-order valence-corrected chi connectivity index (χ2v) is 12.0. The predicted octanol–water partition coefficient (Wildman–Crippen LogP) is 0.897. The molecule has 0 radical (unpaired) electrons. The number of carbonyl (C=O) groups is 3. The van der Waals surface area contributed by atoms with Crippen LogP contribution in [0, 0.1) is 6.92 Å². The van der Waals surface area contributed by atoms with Crippen LogP contribution in [-0.2, 0) is 27.3 Å². The van der Waals surface area contributed by atoms with E-state index < -0.39 is 41.5 Å². The van der Waals surface area contributed by atoms with Crippen LogP contribution in [0.2, 0.25) is 0 Å². The second-order valence-electron chi connectivity index (χ2n) is 12.0. The largest absolute Gasteiger partial charge is 0.504 e. The monoisotopic (exact) mass is 730 g/mol. The lowest BCUT2D eigenvalue weighted by Gasteiger charge is -2.37. The number of amides is 2. The summed E-state index contributed by atoms with van der Waals surface area (Å²) < 4.78 is 48.2. The third-order valence-electron chi connectivity index (χ3n) is 8.38. The topological polar surface area (TPSA) is 180 Å². The van der Waals surface area contributed by atoms with Crippen LogP contribution in [0.3, 0.4) is 0 Å². The van der Waals surface area contributed by atoms with E-state index in [1.54, 1.807) is 18.7 Å². The van der Waals surface area contributed by atoms with E-state index in [1.165, 1.54) is 29.9 Å². The average molecular weight is 731 g/mol. The van der Waals surface area contributed by atoms with Gasteiger partial charge < -0.3 is 34.4 Å². The van der Waals surface area contributed by atoms with Crippen molar-refractivity contribution < 1.29 is 37.4 Å². The summed E-state index contributed by atoms with van der Waals surface area (Å²) in [5, 5.41) is 16.6. The number of aryl methyl sites for hydroxylation is 1. The lowest BCUT2D eigenvalue weighted by molar-refractivity contribution is -0.122. The van der Waals surface area contributed by atoms with Crippen molar-refractivity contribution in [3.05, 3.63) is 74.6 Å². The molecule has 2 aromatic rings. The smallest absolute Gasteiger partial charge is 0.431 e. The lowest BCUT2D eigenvalue weighted by atomic mass is 10.1. The maximum Gasteiger partial charge on any atom is 0.431 e. The average Bonchev–Trinajstić information content (AvgIpc) is 3.11. The molecule has 2 N–H and O–H groups in total. The summed E-state index contributed by atoms with van der Waals surface area (Å²) in [6, 6.07) is 0. The van der Waals surface area contributed by atoms with Gasteiger partial charge in [-0.2, -0.15) is 22.9 Å². The molecule has 2 amide bonds. The molecule has 0 aliphatic carbocycles. The van der Waals surface area contributed by atoms with Crippen LogP contribution in [-0.4, -0.2) is 125 Å². The zero-order valence-corrected chi connectivity index (χ0v) is 29.3. The molecule has 0 aromatic carbocycles. The van der Waals surface area contributed by atoms with Gasteiger partial charge in [0.25, 0.3) is 11.5 Å². The van der Waals surface area contributed by atoms with Crippen molar-refractivity contribution >= 4 is 30.5 Å². The molecule has 280 valence electrons. The molecule has 4 heterocycles. The highest BCUT2D eigenvalue weighted by Crippen LogP contribution is 2.27. The van der Waals surface area contributed by atoms with Crippen LogP contribution < -0.4 is 21.4 Å². The first-order valence-corrected chi connectivity index (χ1v) is 16.3. The molecule has 0 unspecified atom stereocenters. The van der Waals surface area contributed by atoms with Gasteiger partial charge in [-0.1, -0.05) is 13.0 Å². The van der Waals surface area contributed by atoms with Crippen LogP contribution in [0.1, 0.15) is 35.2 Å². The zero-order chi connectivity index (χ0) is 38.2. The first kappa shape index (κ1) is 39.2. The van der Waals surface area contributed by atoms with Crippen molar-refractivity contribution in [2.75, 3.05) is 64.9 Å². The Morgan fingerprint density at radius 2 is 1.88 bits per heavy atom. The summed E-state index contributed by atoms with van der Waals surface area (Å²) in [6.45, 7) is 8.08. The van der Waals surface area contributed by atoms with Gasteiger partial charge in [0.05, 0.1) is 36.8 Å². The van der Waals surface area contributed by atoms with Gasteiger partial charge in [0.15, 0.2) is 17.7 Å². The van der Waals surface area contributed by atoms with Crippen LogP contribution in [0.5, 0.6) is 5.75 Å². The molecule has 2 aliphatic heterocycles. The Morgan fingerprint density at radius 3 is 2.46 bits per heavy atom. The number of allylic oxidation sites excluding steroid dienone is 4. The van der Waals surface area contributed by atoms with Gasteiger partial charge in [-0.3, -0.25) is 19.2 Å². The number of aromatic hydroxyl groups is 1. The van der Waals surface area contributed by atoms with E-state index in [-0.39, 0.29) is 73.9 Å². The predicted molar refractivity (Wildman–Crippen MR) is 184 cm³/mol. The van der Waals surface area contributed by atoms with Gasteiger partial charge in [0.1, 0.15) is 24.3 Å². The first-order valence-electron chi connectivity index (χ1n) is 16.3. The van der Waals surface area contributed by atoms with Crippen molar-refractivity contribution in [2.24, 2.45) is 10.1 Å². The molecule has 19 heteroatoms. The second kappa shape index (κ2) is 17.1. The fourth-order valence-corrected chi connectivity index (χ4v) is 5.71. The normalized spacial score (nSPS) is 16.1. The number of hydrogen-bond acceptors (Lipinski definition) is 12. The number of nitrogens with zero attached hydrogens (tertiary/aromatic N) is 9. The molecule has 2 aliphatic rings. The van der Waals surface area contributed by atoms with Crippen molar-refractivity contribution in [3.63, 3.8) is 0 Å². The minimum absolute atomic E-state index is 0.0185. The fourth-order valence-electron chi connectivity index (χ4n) is 5.71. The molecule has 0 bridgehead atoms. The third kappa shape index (κ3) is 9.00. The van der Waals surface area contributed by atoms with E-state index in [1.807, 2.05) is 6.08 Å². The highest BCUT2D eigenvalue weighted by molar-refractivity contribution is 5.95. The molecular weight excluding hydrogens is 689 g/mol. The summed E-state index contributed by atoms with van der Waals surface area (Å²) in [7, 11) is 2.39. The van der Waals surface area contributed by atoms with Crippen LogP contribution >= 0.6 is 0 Å². The number of ether oxygens (including phenoxy) is 1. The van der Waals surface area contributed by atoms with Crippen molar-refractivity contribution in [1.82, 2.24) is 34.3 Å². The van der Waals surface area contributed by atoms with E-state index in [0.29, 0.717) is 31.4 Å². The summed E-state index contributed by atoms with van der Waals surface area (Å²) in [6.07, 6.45) is 0.897. The Balaban J connectivity index is 1.74. The van der Waals surface area contributed by atoms with Crippen LogP contribution in [0.15, 0.2) is 56.4 Å². The van der Waals surface area contributed by atoms with E-state index in [9.17, 15) is 37.5 Å². The molecular formula is C33H41F3N10O6. The third-order valence-corrected chi connectivity index (χ3v) is 8.38. The summed E-state index contributed by atoms with van der Waals surface area (Å²) in [4.78, 5) is 69.2. The minimum Gasteiger partial charge on any atom is -0.504 e. The number of hydrogen-bond donors (Lipinski definition) is 2. The quantitative estimate of drug-likeness (QED) is 0.105. The number of alkyl halides is 3. The van der Waals surface area contributed by atoms with Gasteiger partial charge in [0, 0.05) is 47.0 Å². The number of aldehydes is 1. The molecule has 52 heavy (non-hydrogen) atoms. The van der Waals surface area contributed by atoms with E-state index >= 15 is 0 Å². The Kier molecular flexibility index (Phi) is 12.9. The number of anilines is 1. The number of carbonyl (C=O) groups excluding carboxylic acids is 3. The molecule has 0 spiro atoms. The number of rotatable bonds is 12. The molecule has 16 nitrogen and oxygen atoms in total. The number of nitrogens with one attached hydrogen (secondary N) is 1. The van der Waals surface area contributed by atoms with Gasteiger partial charge in [-0.05, 0) is 37.5 Å². The first-order chi connectivity index (χ1) is 24.7. The number of aromatic nitrogens is 4. The number of piperazine rings is 1. The highest BCUT2D eigenvalue weighted by atomic mass is 19.4. The Labute approximate surface area is 296 Å². The Morgan fingerprint density at radius 1 is 1.17 bits per heavy atom. The standard InChI is InChI=1S/C33H41F3N10O6/c1-6-24-28(43-11-13-44(14-12-43)30(50)27-29(49)21(2)39-20-40-27)31(51)46(37-3)32(38-17-22-9-15-52-16-10-22)45(24)18-26(48)41-23(19-47)7-8-25(42(4)5)33(34,35)36/h7-9,19-20,49H,3,6,10-18H2,1-2,4-5H3,(H,41,48)/b23-7+,25-8-,38-32?. The van der Waals surface area contributed by atoms with Crippen molar-refractivity contribution in [2.45, 2.75) is 39.4 Å².